The standard InChI is InChI=1S/C21H27FN2O3S/c1-5-20(21(25)23-13-12-17-7-9-18(22)10-8-17)24(28(4,26)27)19-11-6-15(2)16(3)14-19/h6-11,14,20H,5,12-13H2,1-4H3,(H,23,25). The molecule has 1 N–H and O–H groups in total. The van der Waals surface area contributed by atoms with Crippen LogP contribution in [0.5, 0.6) is 0 Å². The first kappa shape index (κ1) is 21.9. The number of carbonyl (C=O) groups is 1. The van der Waals surface area contributed by atoms with Gasteiger partial charge in [0.2, 0.25) is 15.9 Å². The number of benzene rings is 2. The van der Waals surface area contributed by atoms with Gasteiger partial charge >= 0.3 is 0 Å². The van der Waals surface area contributed by atoms with Crippen molar-refractivity contribution < 1.29 is 17.6 Å². The van der Waals surface area contributed by atoms with Crippen LogP contribution >= 0.6 is 0 Å². The molecule has 0 heterocycles. The van der Waals surface area contributed by atoms with E-state index in [1.54, 1.807) is 31.2 Å². The predicted octanol–water partition coefficient (Wildman–Crippen LogP) is 3.35. The van der Waals surface area contributed by atoms with Crippen LogP contribution in [0.3, 0.4) is 0 Å². The summed E-state index contributed by atoms with van der Waals surface area (Å²) in [5.41, 5.74) is 3.38. The van der Waals surface area contributed by atoms with Crippen molar-refractivity contribution in [1.29, 1.82) is 0 Å². The molecule has 0 fully saturated rings. The van der Waals surface area contributed by atoms with Gasteiger partial charge in [0.15, 0.2) is 0 Å². The van der Waals surface area contributed by atoms with Gasteiger partial charge in [0.1, 0.15) is 11.9 Å². The Labute approximate surface area is 166 Å². The predicted molar refractivity (Wildman–Crippen MR) is 110 cm³/mol. The number of aryl methyl sites for hydroxylation is 2. The van der Waals surface area contributed by atoms with Gasteiger partial charge in [-0.3, -0.25) is 9.10 Å². The lowest BCUT2D eigenvalue weighted by atomic mass is 10.1. The van der Waals surface area contributed by atoms with Crippen LogP contribution in [0, 0.1) is 19.7 Å². The fourth-order valence-corrected chi connectivity index (χ4v) is 4.23. The number of anilines is 1. The number of sulfonamides is 1. The zero-order valence-electron chi connectivity index (χ0n) is 16.7. The second-order valence-corrected chi connectivity index (χ2v) is 8.78. The Balaban J connectivity index is 2.16. The normalized spacial score (nSPS) is 12.5. The summed E-state index contributed by atoms with van der Waals surface area (Å²) in [7, 11) is -3.66. The number of nitrogens with zero attached hydrogens (tertiary/aromatic N) is 1. The Hall–Kier alpha value is -2.41. The molecule has 2 rings (SSSR count). The van der Waals surface area contributed by atoms with Crippen LogP contribution in [-0.4, -0.2) is 33.2 Å². The fraction of sp³-hybridized carbons (Fsp3) is 0.381. The van der Waals surface area contributed by atoms with Crippen molar-refractivity contribution in [3.63, 3.8) is 0 Å². The van der Waals surface area contributed by atoms with E-state index in [-0.39, 0.29) is 11.7 Å². The smallest absolute Gasteiger partial charge is 0.243 e. The summed E-state index contributed by atoms with van der Waals surface area (Å²) in [6, 6.07) is 10.6. The molecule has 0 radical (unpaired) electrons. The SMILES string of the molecule is CCC(C(=O)NCCc1ccc(F)cc1)N(c1ccc(C)c(C)c1)S(C)(=O)=O. The minimum absolute atomic E-state index is 0.309. The summed E-state index contributed by atoms with van der Waals surface area (Å²) in [4.78, 5) is 12.8. The van der Waals surface area contributed by atoms with Gasteiger partial charge in [0, 0.05) is 6.54 Å². The summed E-state index contributed by atoms with van der Waals surface area (Å²) in [5, 5.41) is 2.81. The van der Waals surface area contributed by atoms with Crippen LogP contribution in [0.4, 0.5) is 10.1 Å². The van der Waals surface area contributed by atoms with Gasteiger partial charge in [-0.25, -0.2) is 12.8 Å². The molecule has 1 atom stereocenters. The summed E-state index contributed by atoms with van der Waals surface area (Å²) in [6.45, 7) is 5.97. The summed E-state index contributed by atoms with van der Waals surface area (Å²) in [5.74, 6) is -0.663. The van der Waals surface area contributed by atoms with Crippen LogP contribution in [-0.2, 0) is 21.2 Å². The molecule has 0 spiro atoms. The third-order valence-corrected chi connectivity index (χ3v) is 5.88. The molecule has 2 aromatic carbocycles. The van der Waals surface area contributed by atoms with Crippen molar-refractivity contribution in [1.82, 2.24) is 5.32 Å². The third kappa shape index (κ3) is 5.55. The molecule has 0 aromatic heterocycles. The lowest BCUT2D eigenvalue weighted by Gasteiger charge is -2.30. The van der Waals surface area contributed by atoms with Gasteiger partial charge in [-0.05, 0) is 67.6 Å². The number of hydrogen-bond acceptors (Lipinski definition) is 3. The number of hydrogen-bond donors (Lipinski definition) is 1. The molecule has 0 saturated carbocycles. The first-order chi connectivity index (χ1) is 13.1. The molecular formula is C21H27FN2O3S. The van der Waals surface area contributed by atoms with E-state index in [0.717, 1.165) is 22.9 Å². The lowest BCUT2D eigenvalue weighted by Crippen LogP contribution is -2.49. The van der Waals surface area contributed by atoms with Gasteiger partial charge in [-0.2, -0.15) is 0 Å². The van der Waals surface area contributed by atoms with Crippen molar-refractivity contribution >= 4 is 21.6 Å². The minimum atomic E-state index is -3.66. The highest BCUT2D eigenvalue weighted by atomic mass is 32.2. The summed E-state index contributed by atoms with van der Waals surface area (Å²) in [6.07, 6.45) is 1.98. The van der Waals surface area contributed by atoms with Crippen molar-refractivity contribution in [2.24, 2.45) is 0 Å². The van der Waals surface area contributed by atoms with E-state index >= 15 is 0 Å². The first-order valence-corrected chi connectivity index (χ1v) is 11.1. The maximum Gasteiger partial charge on any atom is 0.243 e. The number of halogens is 1. The van der Waals surface area contributed by atoms with Gasteiger partial charge in [-0.1, -0.05) is 25.1 Å². The average molecular weight is 407 g/mol. The Morgan fingerprint density at radius 2 is 1.75 bits per heavy atom. The molecule has 1 amide bonds. The topological polar surface area (TPSA) is 66.5 Å². The lowest BCUT2D eigenvalue weighted by molar-refractivity contribution is -0.122. The highest BCUT2D eigenvalue weighted by molar-refractivity contribution is 7.92. The maximum absolute atomic E-state index is 13.0. The Morgan fingerprint density at radius 3 is 2.29 bits per heavy atom. The quantitative estimate of drug-likeness (QED) is 0.731. The molecule has 7 heteroatoms. The molecule has 0 bridgehead atoms. The van der Waals surface area contributed by atoms with E-state index in [0.29, 0.717) is 25.1 Å². The van der Waals surface area contributed by atoms with Crippen LogP contribution in [0.2, 0.25) is 0 Å². The molecule has 0 saturated heterocycles. The van der Waals surface area contributed by atoms with E-state index in [2.05, 4.69) is 5.32 Å². The monoisotopic (exact) mass is 406 g/mol. The number of nitrogens with one attached hydrogen (secondary N) is 1. The molecule has 28 heavy (non-hydrogen) atoms. The van der Waals surface area contributed by atoms with E-state index in [4.69, 9.17) is 0 Å². The maximum atomic E-state index is 13.0. The molecule has 0 aliphatic carbocycles. The number of rotatable bonds is 8. The molecular weight excluding hydrogens is 379 g/mol. The number of carbonyl (C=O) groups excluding carboxylic acids is 1. The fourth-order valence-electron chi connectivity index (χ4n) is 3.02. The second-order valence-electron chi connectivity index (χ2n) is 6.92. The van der Waals surface area contributed by atoms with E-state index in [9.17, 15) is 17.6 Å². The molecule has 152 valence electrons. The molecule has 1 unspecified atom stereocenters. The van der Waals surface area contributed by atoms with Crippen molar-refractivity contribution in [2.75, 3.05) is 17.1 Å². The zero-order chi connectivity index (χ0) is 20.9. The van der Waals surface area contributed by atoms with Gasteiger partial charge in [-0.15, -0.1) is 0 Å². The zero-order valence-corrected chi connectivity index (χ0v) is 17.5. The van der Waals surface area contributed by atoms with E-state index < -0.39 is 16.1 Å². The van der Waals surface area contributed by atoms with Crippen LogP contribution in [0.15, 0.2) is 42.5 Å². The van der Waals surface area contributed by atoms with E-state index in [1.165, 1.54) is 16.4 Å². The largest absolute Gasteiger partial charge is 0.354 e. The van der Waals surface area contributed by atoms with Crippen molar-refractivity contribution in [3.05, 3.63) is 65.0 Å². The van der Waals surface area contributed by atoms with Crippen LogP contribution in [0.25, 0.3) is 0 Å². The highest BCUT2D eigenvalue weighted by Crippen LogP contribution is 2.25. The third-order valence-electron chi connectivity index (χ3n) is 4.70. The first-order valence-electron chi connectivity index (χ1n) is 9.22. The summed E-state index contributed by atoms with van der Waals surface area (Å²) < 4.78 is 39.1. The van der Waals surface area contributed by atoms with Crippen LogP contribution in [0.1, 0.15) is 30.0 Å². The summed E-state index contributed by atoms with van der Waals surface area (Å²) >= 11 is 0. The molecule has 5 nitrogen and oxygen atoms in total. The van der Waals surface area contributed by atoms with Gasteiger partial charge < -0.3 is 5.32 Å². The Morgan fingerprint density at radius 1 is 1.11 bits per heavy atom. The molecule has 2 aromatic rings. The van der Waals surface area contributed by atoms with E-state index in [1.807, 2.05) is 19.9 Å². The van der Waals surface area contributed by atoms with Crippen LogP contribution < -0.4 is 9.62 Å². The Kier molecular flexibility index (Phi) is 7.18. The molecule has 0 aliphatic heterocycles. The Bertz CT molecular complexity index is 927. The number of amides is 1. The second kappa shape index (κ2) is 9.19. The van der Waals surface area contributed by atoms with Crippen molar-refractivity contribution in [2.45, 2.75) is 39.7 Å². The average Bonchev–Trinajstić information content (AvgIpc) is 2.62. The highest BCUT2D eigenvalue weighted by Gasteiger charge is 2.31. The van der Waals surface area contributed by atoms with Gasteiger partial charge in [0.25, 0.3) is 0 Å². The molecule has 0 aliphatic rings. The van der Waals surface area contributed by atoms with Gasteiger partial charge in [0.05, 0.1) is 11.9 Å². The minimum Gasteiger partial charge on any atom is -0.354 e. The van der Waals surface area contributed by atoms with Crippen molar-refractivity contribution in [3.8, 4) is 0 Å².